The molecular formula is C11H10N2O4S2. The van der Waals surface area contributed by atoms with Gasteiger partial charge in [0.05, 0.1) is 0 Å². The number of carbonyl (C=O) groups is 2. The highest BCUT2D eigenvalue weighted by atomic mass is 32.2. The van der Waals surface area contributed by atoms with Crippen molar-refractivity contribution in [2.75, 3.05) is 0 Å². The minimum atomic E-state index is -1.01. The van der Waals surface area contributed by atoms with Crippen LogP contribution in [0.1, 0.15) is 22.2 Å². The van der Waals surface area contributed by atoms with Crippen LogP contribution in [-0.2, 0) is 4.79 Å². The van der Waals surface area contributed by atoms with Crippen LogP contribution in [0.4, 0.5) is 0 Å². The van der Waals surface area contributed by atoms with Crippen LogP contribution in [0.2, 0.25) is 0 Å². The second kappa shape index (κ2) is 5.14. The molecule has 2 heterocycles. The zero-order valence-corrected chi connectivity index (χ0v) is 11.7. The summed E-state index contributed by atoms with van der Waals surface area (Å²) in [6, 6.07) is 0. The first-order valence-corrected chi connectivity index (χ1v) is 6.98. The molecule has 0 aromatic carbocycles. The highest BCUT2D eigenvalue weighted by molar-refractivity contribution is 8.00. The Morgan fingerprint density at radius 2 is 2.05 bits per heavy atom. The van der Waals surface area contributed by atoms with Crippen molar-refractivity contribution in [2.24, 2.45) is 0 Å². The number of fused-ring (bicyclic) bond motifs is 1. The molecule has 2 aromatic rings. The summed E-state index contributed by atoms with van der Waals surface area (Å²) in [5, 5.41) is 18.5. The zero-order chi connectivity index (χ0) is 14.2. The average molecular weight is 298 g/mol. The van der Waals surface area contributed by atoms with E-state index < -0.39 is 17.2 Å². The summed E-state index contributed by atoms with van der Waals surface area (Å²) >= 11 is 2.15. The lowest BCUT2D eigenvalue weighted by atomic mass is 10.2. The normalized spacial score (nSPS) is 12.5. The first-order valence-electron chi connectivity index (χ1n) is 5.28. The van der Waals surface area contributed by atoms with E-state index in [0.29, 0.717) is 20.8 Å². The van der Waals surface area contributed by atoms with Crippen LogP contribution >= 0.6 is 23.1 Å². The average Bonchev–Trinajstić information content (AvgIpc) is 2.68. The number of rotatable bonds is 4. The number of aliphatic carboxylic acids is 1. The van der Waals surface area contributed by atoms with Crippen molar-refractivity contribution in [3.05, 3.63) is 16.8 Å². The molecule has 1 unspecified atom stereocenters. The molecule has 0 saturated heterocycles. The molecule has 0 radical (unpaired) electrons. The summed E-state index contributed by atoms with van der Waals surface area (Å²) in [6.45, 7) is 3.24. The van der Waals surface area contributed by atoms with Gasteiger partial charge in [0.25, 0.3) is 0 Å². The number of aromatic carboxylic acids is 1. The maximum absolute atomic E-state index is 11.1. The maximum Gasteiger partial charge on any atom is 0.346 e. The predicted molar refractivity (Wildman–Crippen MR) is 72.1 cm³/mol. The van der Waals surface area contributed by atoms with Gasteiger partial charge in [-0.1, -0.05) is 11.8 Å². The van der Waals surface area contributed by atoms with Gasteiger partial charge in [0.15, 0.2) is 0 Å². The highest BCUT2D eigenvalue weighted by Gasteiger charge is 2.21. The van der Waals surface area contributed by atoms with Crippen molar-refractivity contribution >= 4 is 45.3 Å². The van der Waals surface area contributed by atoms with E-state index in [9.17, 15) is 9.59 Å². The molecule has 2 N–H and O–H groups in total. The largest absolute Gasteiger partial charge is 0.480 e. The van der Waals surface area contributed by atoms with Gasteiger partial charge < -0.3 is 10.2 Å². The predicted octanol–water partition coefficient (Wildman–Crippen LogP) is 2.26. The van der Waals surface area contributed by atoms with Gasteiger partial charge in [-0.25, -0.2) is 14.8 Å². The lowest BCUT2D eigenvalue weighted by molar-refractivity contribution is -0.136. The summed E-state index contributed by atoms with van der Waals surface area (Å²) in [6.07, 6.45) is 1.32. The van der Waals surface area contributed by atoms with Gasteiger partial charge >= 0.3 is 11.9 Å². The molecule has 19 heavy (non-hydrogen) atoms. The van der Waals surface area contributed by atoms with E-state index in [1.807, 2.05) is 0 Å². The van der Waals surface area contributed by atoms with Gasteiger partial charge in [-0.2, -0.15) is 0 Å². The Kier molecular flexibility index (Phi) is 3.72. The summed E-state index contributed by atoms with van der Waals surface area (Å²) < 4.78 is 0. The van der Waals surface area contributed by atoms with E-state index in [2.05, 4.69) is 9.97 Å². The second-order valence-electron chi connectivity index (χ2n) is 3.82. The first-order chi connectivity index (χ1) is 8.91. The van der Waals surface area contributed by atoms with Crippen molar-refractivity contribution < 1.29 is 19.8 Å². The Hall–Kier alpha value is -1.67. The van der Waals surface area contributed by atoms with Crippen molar-refractivity contribution in [1.82, 2.24) is 9.97 Å². The molecule has 0 spiro atoms. The van der Waals surface area contributed by atoms with Crippen LogP contribution in [-0.4, -0.2) is 37.4 Å². The van der Waals surface area contributed by atoms with Gasteiger partial charge in [-0.15, -0.1) is 11.3 Å². The van der Waals surface area contributed by atoms with Gasteiger partial charge in [-0.05, 0) is 19.4 Å². The molecule has 1 atom stereocenters. The molecule has 2 rings (SSSR count). The smallest absolute Gasteiger partial charge is 0.346 e. The van der Waals surface area contributed by atoms with Crippen LogP contribution in [0, 0.1) is 6.92 Å². The second-order valence-corrected chi connectivity index (χ2v) is 6.15. The standard InChI is InChI=1S/C11H10N2O4S2/c1-4-6-8(18-5(2)10(14)15)12-3-13-9(6)19-7(4)11(16)17/h3,5H,1-2H3,(H,14,15)(H,16,17). The van der Waals surface area contributed by atoms with Gasteiger partial charge in [-0.3, -0.25) is 4.79 Å². The van der Waals surface area contributed by atoms with Crippen molar-refractivity contribution in [3.8, 4) is 0 Å². The summed E-state index contributed by atoms with van der Waals surface area (Å²) in [5.74, 6) is -1.95. The number of carboxylic acids is 2. The SMILES string of the molecule is Cc1c(C(=O)O)sc2ncnc(SC(C)C(=O)O)c12. The van der Waals surface area contributed by atoms with Crippen molar-refractivity contribution in [1.29, 1.82) is 0 Å². The number of hydrogen-bond donors (Lipinski definition) is 2. The number of hydrogen-bond acceptors (Lipinski definition) is 6. The molecule has 6 nitrogen and oxygen atoms in total. The summed E-state index contributed by atoms with van der Waals surface area (Å²) in [5.41, 5.74) is 0.577. The Morgan fingerprint density at radius 1 is 1.37 bits per heavy atom. The highest BCUT2D eigenvalue weighted by Crippen LogP contribution is 2.36. The van der Waals surface area contributed by atoms with E-state index in [1.165, 1.54) is 6.33 Å². The molecule has 0 aliphatic heterocycles. The zero-order valence-electron chi connectivity index (χ0n) is 10.1. The fourth-order valence-corrected chi connectivity index (χ4v) is 3.51. The molecule has 0 bridgehead atoms. The molecular weight excluding hydrogens is 288 g/mol. The Labute approximate surface area is 116 Å². The number of thiophene rings is 1. The lowest BCUT2D eigenvalue weighted by Gasteiger charge is -2.06. The fourth-order valence-electron chi connectivity index (χ4n) is 1.55. The molecule has 100 valence electrons. The van der Waals surface area contributed by atoms with Crippen LogP contribution in [0.25, 0.3) is 10.2 Å². The Bertz CT molecular complexity index is 668. The molecule has 0 fully saturated rings. The minimum Gasteiger partial charge on any atom is -0.480 e. The van der Waals surface area contributed by atoms with Crippen LogP contribution in [0.15, 0.2) is 11.4 Å². The Morgan fingerprint density at radius 3 is 2.63 bits per heavy atom. The number of thioether (sulfide) groups is 1. The van der Waals surface area contributed by atoms with Gasteiger partial charge in [0, 0.05) is 5.39 Å². The van der Waals surface area contributed by atoms with Crippen molar-refractivity contribution in [2.45, 2.75) is 24.1 Å². The number of carboxylic acid groups (broad SMARTS) is 2. The third-order valence-electron chi connectivity index (χ3n) is 2.52. The molecule has 8 heteroatoms. The summed E-state index contributed by atoms with van der Waals surface area (Å²) in [7, 11) is 0. The van der Waals surface area contributed by atoms with Crippen molar-refractivity contribution in [3.63, 3.8) is 0 Å². The minimum absolute atomic E-state index is 0.209. The first kappa shape index (κ1) is 13.8. The van der Waals surface area contributed by atoms with E-state index in [0.717, 1.165) is 23.1 Å². The third kappa shape index (κ3) is 2.54. The third-order valence-corrected chi connectivity index (χ3v) is 4.80. The molecule has 0 aliphatic rings. The fraction of sp³-hybridized carbons (Fsp3) is 0.273. The van der Waals surface area contributed by atoms with Crippen LogP contribution in [0.5, 0.6) is 0 Å². The van der Waals surface area contributed by atoms with Gasteiger partial charge in [0.2, 0.25) is 0 Å². The number of aromatic nitrogens is 2. The molecule has 2 aromatic heterocycles. The summed E-state index contributed by atoms with van der Waals surface area (Å²) in [4.78, 5) is 30.9. The number of aryl methyl sites for hydroxylation is 1. The van der Waals surface area contributed by atoms with E-state index in [4.69, 9.17) is 10.2 Å². The quantitative estimate of drug-likeness (QED) is 0.659. The monoisotopic (exact) mass is 298 g/mol. The van der Waals surface area contributed by atoms with E-state index in [1.54, 1.807) is 13.8 Å². The lowest BCUT2D eigenvalue weighted by Crippen LogP contribution is -2.11. The molecule has 0 aliphatic carbocycles. The number of nitrogens with zero attached hydrogens (tertiary/aromatic N) is 2. The van der Waals surface area contributed by atoms with Crippen LogP contribution in [0.3, 0.4) is 0 Å². The van der Waals surface area contributed by atoms with E-state index in [-0.39, 0.29) is 4.88 Å². The van der Waals surface area contributed by atoms with Gasteiger partial charge in [0.1, 0.15) is 26.3 Å². The molecule has 0 saturated carbocycles. The molecule has 0 amide bonds. The maximum atomic E-state index is 11.1. The Balaban J connectivity index is 2.56. The van der Waals surface area contributed by atoms with E-state index >= 15 is 0 Å². The topological polar surface area (TPSA) is 100 Å². The van der Waals surface area contributed by atoms with Crippen LogP contribution < -0.4 is 0 Å².